The van der Waals surface area contributed by atoms with E-state index in [1.54, 1.807) is 19.1 Å². The van der Waals surface area contributed by atoms with Gasteiger partial charge in [-0.3, -0.25) is 4.18 Å². The van der Waals surface area contributed by atoms with Crippen LogP contribution in [-0.2, 0) is 20.9 Å². The first-order chi connectivity index (χ1) is 7.22. The topological polar surface area (TPSA) is 78.4 Å². The van der Waals surface area contributed by atoms with Crippen molar-refractivity contribution in [2.45, 2.75) is 19.0 Å². The maximum Gasteiger partial charge on any atom is 0.523 e. The summed E-state index contributed by atoms with van der Waals surface area (Å²) in [5.74, 6) is 0. The van der Waals surface area contributed by atoms with Crippen molar-refractivity contribution in [3.8, 4) is 0 Å². The molecule has 0 saturated heterocycles. The average Bonchev–Trinajstić information content (AvgIpc) is 2.15. The minimum absolute atomic E-state index is 0. The summed E-state index contributed by atoms with van der Waals surface area (Å²) in [4.78, 5) is 0. The average molecular weight is 271 g/mol. The monoisotopic (exact) mass is 271 g/mol. The molecule has 1 rings (SSSR count). The second-order valence-corrected chi connectivity index (χ2v) is 4.75. The molecule has 0 radical (unpaired) electrons. The summed E-state index contributed by atoms with van der Waals surface area (Å²) in [5, 5.41) is 0. The van der Waals surface area contributed by atoms with Crippen molar-refractivity contribution in [1.82, 2.24) is 6.15 Å². The molecule has 3 N–H and O–H groups in total. The van der Waals surface area contributed by atoms with E-state index in [0.717, 1.165) is 5.56 Å². The van der Waals surface area contributed by atoms with Gasteiger partial charge in [0, 0.05) is 0 Å². The molecule has 0 fully saturated rings. The Balaban J connectivity index is 0.00000256. The zero-order valence-corrected chi connectivity index (χ0v) is 9.81. The molecule has 1 aromatic rings. The minimum atomic E-state index is -5.51. The molecule has 17 heavy (non-hydrogen) atoms. The van der Waals surface area contributed by atoms with Crippen molar-refractivity contribution in [3.05, 3.63) is 35.4 Å². The molecule has 1 aromatic carbocycles. The summed E-state index contributed by atoms with van der Waals surface area (Å²) in [7, 11) is -5.51. The van der Waals surface area contributed by atoms with Crippen LogP contribution in [0.2, 0.25) is 0 Å². The molecular formula is C9H12F3NO3S. The maximum atomic E-state index is 11.9. The van der Waals surface area contributed by atoms with Gasteiger partial charge < -0.3 is 6.15 Å². The van der Waals surface area contributed by atoms with Crippen LogP contribution in [0.25, 0.3) is 0 Å². The predicted octanol–water partition coefficient (Wildman–Crippen LogP) is 2.52. The van der Waals surface area contributed by atoms with Gasteiger partial charge >= 0.3 is 15.6 Å². The third-order valence-corrected chi connectivity index (χ3v) is 2.78. The third-order valence-electron chi connectivity index (χ3n) is 1.78. The van der Waals surface area contributed by atoms with Crippen LogP contribution in [0.15, 0.2) is 24.3 Å². The van der Waals surface area contributed by atoms with E-state index in [1.165, 1.54) is 12.1 Å². The Bertz CT molecular complexity index is 453. The molecule has 0 aromatic heterocycles. The summed E-state index contributed by atoms with van der Waals surface area (Å²) >= 11 is 0. The summed E-state index contributed by atoms with van der Waals surface area (Å²) in [6, 6.07) is 6.31. The van der Waals surface area contributed by atoms with Crippen LogP contribution in [0.5, 0.6) is 0 Å². The molecule has 0 amide bonds. The number of benzene rings is 1. The molecule has 4 nitrogen and oxygen atoms in total. The summed E-state index contributed by atoms with van der Waals surface area (Å²) in [5.41, 5.74) is -4.10. The van der Waals surface area contributed by atoms with Crippen molar-refractivity contribution in [2.75, 3.05) is 0 Å². The molecule has 0 spiro atoms. The van der Waals surface area contributed by atoms with Crippen molar-refractivity contribution < 1.29 is 25.8 Å². The predicted molar refractivity (Wildman–Crippen MR) is 56.0 cm³/mol. The number of aryl methyl sites for hydroxylation is 1. The van der Waals surface area contributed by atoms with Crippen LogP contribution in [0.3, 0.4) is 0 Å². The van der Waals surface area contributed by atoms with Crippen LogP contribution in [0, 0.1) is 6.92 Å². The molecule has 0 atom stereocenters. The lowest BCUT2D eigenvalue weighted by Crippen LogP contribution is -2.25. The molecule has 0 unspecified atom stereocenters. The number of alkyl halides is 3. The molecule has 0 aliphatic heterocycles. The van der Waals surface area contributed by atoms with E-state index in [-0.39, 0.29) is 6.15 Å². The van der Waals surface area contributed by atoms with Gasteiger partial charge in [0.15, 0.2) is 0 Å². The van der Waals surface area contributed by atoms with Gasteiger partial charge in [-0.15, -0.1) is 0 Å². The van der Waals surface area contributed by atoms with Gasteiger partial charge in [0.05, 0.1) is 6.61 Å². The van der Waals surface area contributed by atoms with Gasteiger partial charge in [-0.1, -0.05) is 29.8 Å². The van der Waals surface area contributed by atoms with Gasteiger partial charge in [-0.2, -0.15) is 21.6 Å². The molecule has 0 saturated carbocycles. The maximum absolute atomic E-state index is 11.9. The highest BCUT2D eigenvalue weighted by Crippen LogP contribution is 2.25. The fourth-order valence-corrected chi connectivity index (χ4v) is 1.32. The molecule has 98 valence electrons. The Kier molecular flexibility index (Phi) is 5.12. The number of hydrogen-bond donors (Lipinski definition) is 1. The third kappa shape index (κ3) is 4.33. The fraction of sp³-hybridized carbons (Fsp3) is 0.333. The van der Waals surface area contributed by atoms with Crippen LogP contribution in [0.1, 0.15) is 11.1 Å². The van der Waals surface area contributed by atoms with E-state index in [1.807, 2.05) is 0 Å². The van der Waals surface area contributed by atoms with Crippen LogP contribution in [0.4, 0.5) is 13.2 Å². The SMILES string of the molecule is Cc1ccc(COS(=O)(=O)C(F)(F)F)cc1.N. The fourth-order valence-electron chi connectivity index (χ4n) is 0.897. The Morgan fingerprint density at radius 3 is 2.06 bits per heavy atom. The Labute approximate surface area is 97.1 Å². The van der Waals surface area contributed by atoms with Gasteiger partial charge in [-0.25, -0.2) is 0 Å². The zero-order chi connectivity index (χ0) is 12.4. The second-order valence-electron chi connectivity index (χ2n) is 3.15. The van der Waals surface area contributed by atoms with Gasteiger partial charge in [-0.05, 0) is 12.5 Å². The van der Waals surface area contributed by atoms with E-state index in [2.05, 4.69) is 4.18 Å². The molecule has 8 heteroatoms. The van der Waals surface area contributed by atoms with E-state index in [0.29, 0.717) is 5.56 Å². The smallest absolute Gasteiger partial charge is 0.344 e. The van der Waals surface area contributed by atoms with E-state index >= 15 is 0 Å². The number of hydrogen-bond acceptors (Lipinski definition) is 4. The second kappa shape index (κ2) is 5.48. The Morgan fingerprint density at radius 1 is 1.18 bits per heavy atom. The van der Waals surface area contributed by atoms with E-state index in [9.17, 15) is 21.6 Å². The first-order valence-electron chi connectivity index (χ1n) is 4.23. The molecule has 0 heterocycles. The van der Waals surface area contributed by atoms with Gasteiger partial charge in [0.2, 0.25) is 0 Å². The van der Waals surface area contributed by atoms with Gasteiger partial charge in [0.1, 0.15) is 0 Å². The highest BCUT2D eigenvalue weighted by Gasteiger charge is 2.47. The first-order valence-corrected chi connectivity index (χ1v) is 5.64. The van der Waals surface area contributed by atoms with E-state index < -0.39 is 22.2 Å². The zero-order valence-electron chi connectivity index (χ0n) is 8.99. The largest absolute Gasteiger partial charge is 0.523 e. The number of halogens is 3. The molecule has 0 aliphatic rings. The first kappa shape index (κ1) is 15.9. The molecule has 0 aliphatic carbocycles. The van der Waals surface area contributed by atoms with Crippen LogP contribution in [-0.4, -0.2) is 13.9 Å². The van der Waals surface area contributed by atoms with Crippen molar-refractivity contribution in [2.24, 2.45) is 0 Å². The van der Waals surface area contributed by atoms with E-state index in [4.69, 9.17) is 0 Å². The standard InChI is InChI=1S/C9H9F3O3S.H3N/c1-7-2-4-8(5-3-7)6-15-16(13,14)9(10,11)12;/h2-5H,6H2,1H3;1H3. The normalized spacial score (nSPS) is 12.0. The molecular weight excluding hydrogens is 259 g/mol. The lowest BCUT2D eigenvalue weighted by molar-refractivity contribution is -0.0547. The highest BCUT2D eigenvalue weighted by molar-refractivity contribution is 7.87. The van der Waals surface area contributed by atoms with Crippen LogP contribution < -0.4 is 6.15 Å². The minimum Gasteiger partial charge on any atom is -0.344 e. The number of rotatable bonds is 3. The lowest BCUT2D eigenvalue weighted by atomic mass is 10.2. The van der Waals surface area contributed by atoms with Crippen molar-refractivity contribution >= 4 is 10.1 Å². The van der Waals surface area contributed by atoms with Crippen molar-refractivity contribution in [3.63, 3.8) is 0 Å². The van der Waals surface area contributed by atoms with Crippen LogP contribution >= 0.6 is 0 Å². The quantitative estimate of drug-likeness (QED) is 0.676. The Morgan fingerprint density at radius 2 is 1.65 bits per heavy atom. The van der Waals surface area contributed by atoms with Crippen molar-refractivity contribution in [1.29, 1.82) is 0 Å². The van der Waals surface area contributed by atoms with Gasteiger partial charge in [0.25, 0.3) is 0 Å². The highest BCUT2D eigenvalue weighted by atomic mass is 32.2. The Hall–Kier alpha value is -1.12. The molecule has 0 bridgehead atoms. The lowest BCUT2D eigenvalue weighted by Gasteiger charge is -2.08. The summed E-state index contributed by atoms with van der Waals surface area (Å²) < 4.78 is 60.6. The summed E-state index contributed by atoms with van der Waals surface area (Å²) in [6.07, 6.45) is 0. The summed E-state index contributed by atoms with van der Waals surface area (Å²) in [6.45, 7) is 1.18.